The molecule has 2 aliphatic rings. The van der Waals surface area contributed by atoms with Gasteiger partial charge in [0.2, 0.25) is 11.8 Å². The van der Waals surface area contributed by atoms with E-state index in [9.17, 15) is 9.59 Å². The standard InChI is InChI=1S/C24H26ClN3O2S/c25-20-9-5-4-8-18(20)15-28-23(30)19-11-10-17(14-21(19)27-24(28)31)22(29)26-13-12-16-6-2-1-3-7-16/h1-9,17,19,21H,10-15H2,(H,26,29)(H,27,31). The fraction of sp³-hybridized carbons (Fsp3) is 0.375. The summed E-state index contributed by atoms with van der Waals surface area (Å²) in [5.41, 5.74) is 2.07. The second-order valence-electron chi connectivity index (χ2n) is 8.21. The summed E-state index contributed by atoms with van der Waals surface area (Å²) in [5.74, 6) is -0.178. The first-order valence-corrected chi connectivity index (χ1v) is 11.5. The molecule has 2 amide bonds. The predicted molar refractivity (Wildman–Crippen MR) is 126 cm³/mol. The summed E-state index contributed by atoms with van der Waals surface area (Å²) in [7, 11) is 0. The van der Waals surface area contributed by atoms with Crippen LogP contribution < -0.4 is 10.6 Å². The lowest BCUT2D eigenvalue weighted by Crippen LogP contribution is -2.61. The van der Waals surface area contributed by atoms with Crippen molar-refractivity contribution in [2.45, 2.75) is 38.3 Å². The van der Waals surface area contributed by atoms with Crippen molar-refractivity contribution < 1.29 is 9.59 Å². The van der Waals surface area contributed by atoms with Crippen LogP contribution in [0.25, 0.3) is 0 Å². The number of nitrogens with one attached hydrogen (secondary N) is 2. The number of hydrogen-bond acceptors (Lipinski definition) is 3. The zero-order valence-corrected chi connectivity index (χ0v) is 18.8. The van der Waals surface area contributed by atoms with Gasteiger partial charge in [-0.3, -0.25) is 14.5 Å². The summed E-state index contributed by atoms with van der Waals surface area (Å²) < 4.78 is 0. The molecule has 1 saturated carbocycles. The van der Waals surface area contributed by atoms with Crippen molar-refractivity contribution in [1.82, 2.24) is 15.5 Å². The molecule has 2 fully saturated rings. The number of amides is 2. The smallest absolute Gasteiger partial charge is 0.234 e. The Hall–Kier alpha value is -2.44. The van der Waals surface area contributed by atoms with E-state index >= 15 is 0 Å². The highest BCUT2D eigenvalue weighted by atomic mass is 35.5. The second-order valence-corrected chi connectivity index (χ2v) is 9.01. The van der Waals surface area contributed by atoms with Gasteiger partial charge in [-0.1, -0.05) is 60.1 Å². The zero-order chi connectivity index (χ0) is 21.8. The van der Waals surface area contributed by atoms with Crippen LogP contribution in [0.2, 0.25) is 5.02 Å². The lowest BCUT2D eigenvalue weighted by atomic mass is 9.76. The molecule has 0 radical (unpaired) electrons. The average Bonchev–Trinajstić information content (AvgIpc) is 2.78. The summed E-state index contributed by atoms with van der Waals surface area (Å²) in [6.07, 6.45) is 2.81. The molecule has 2 N–H and O–H groups in total. The third-order valence-electron chi connectivity index (χ3n) is 6.20. The summed E-state index contributed by atoms with van der Waals surface area (Å²) in [6.45, 7) is 0.973. The molecule has 31 heavy (non-hydrogen) atoms. The van der Waals surface area contributed by atoms with Gasteiger partial charge in [0.1, 0.15) is 0 Å². The number of rotatable bonds is 6. The van der Waals surface area contributed by atoms with E-state index in [2.05, 4.69) is 22.8 Å². The minimum atomic E-state index is -0.164. The third-order valence-corrected chi connectivity index (χ3v) is 6.91. The van der Waals surface area contributed by atoms with E-state index < -0.39 is 0 Å². The molecule has 2 aromatic carbocycles. The molecule has 162 valence electrons. The van der Waals surface area contributed by atoms with Crippen molar-refractivity contribution in [2.75, 3.05) is 6.54 Å². The first-order chi connectivity index (χ1) is 15.0. The molecule has 0 aromatic heterocycles. The van der Waals surface area contributed by atoms with E-state index in [1.54, 1.807) is 4.90 Å². The van der Waals surface area contributed by atoms with E-state index in [0.717, 1.165) is 12.0 Å². The van der Waals surface area contributed by atoms with Gasteiger partial charge >= 0.3 is 0 Å². The van der Waals surface area contributed by atoms with Gasteiger partial charge in [0.15, 0.2) is 5.11 Å². The monoisotopic (exact) mass is 455 g/mol. The minimum Gasteiger partial charge on any atom is -0.359 e. The van der Waals surface area contributed by atoms with Crippen LogP contribution >= 0.6 is 23.8 Å². The number of nitrogens with zero attached hydrogens (tertiary/aromatic N) is 1. The molecule has 3 atom stereocenters. The van der Waals surface area contributed by atoms with E-state index in [1.165, 1.54) is 5.56 Å². The Bertz CT molecular complexity index is 968. The lowest BCUT2D eigenvalue weighted by Gasteiger charge is -2.43. The van der Waals surface area contributed by atoms with Crippen LogP contribution in [-0.2, 0) is 22.6 Å². The van der Waals surface area contributed by atoms with E-state index in [0.29, 0.717) is 42.5 Å². The minimum absolute atomic E-state index is 0.0246. The van der Waals surface area contributed by atoms with Crippen LogP contribution in [0.3, 0.4) is 0 Å². The van der Waals surface area contributed by atoms with E-state index in [-0.39, 0.29) is 29.7 Å². The molecule has 1 saturated heterocycles. The Morgan fingerprint density at radius 2 is 1.87 bits per heavy atom. The van der Waals surface area contributed by atoms with Crippen molar-refractivity contribution in [3.63, 3.8) is 0 Å². The van der Waals surface area contributed by atoms with Gasteiger partial charge in [-0.05, 0) is 55.1 Å². The molecule has 2 aromatic rings. The number of fused-ring (bicyclic) bond motifs is 1. The molecule has 1 aliphatic heterocycles. The van der Waals surface area contributed by atoms with Crippen molar-refractivity contribution in [3.05, 3.63) is 70.7 Å². The van der Waals surface area contributed by atoms with E-state index in [1.807, 2.05) is 42.5 Å². The molecule has 5 nitrogen and oxygen atoms in total. The molecule has 1 aliphatic carbocycles. The quantitative estimate of drug-likeness (QED) is 0.652. The number of hydrogen-bond donors (Lipinski definition) is 2. The Labute approximate surface area is 193 Å². The van der Waals surface area contributed by atoms with Crippen molar-refractivity contribution in [2.24, 2.45) is 11.8 Å². The van der Waals surface area contributed by atoms with Gasteiger partial charge in [0.05, 0.1) is 12.5 Å². The first-order valence-electron chi connectivity index (χ1n) is 10.7. The Morgan fingerprint density at radius 3 is 2.65 bits per heavy atom. The molecular weight excluding hydrogens is 430 g/mol. The number of thiocarbonyl (C=S) groups is 1. The Balaban J connectivity index is 1.32. The maximum absolute atomic E-state index is 13.1. The molecule has 3 unspecified atom stereocenters. The van der Waals surface area contributed by atoms with Crippen LogP contribution in [0.5, 0.6) is 0 Å². The van der Waals surface area contributed by atoms with Crippen LogP contribution in [0.1, 0.15) is 30.4 Å². The van der Waals surface area contributed by atoms with Gasteiger partial charge in [-0.25, -0.2) is 0 Å². The van der Waals surface area contributed by atoms with Gasteiger partial charge in [-0.15, -0.1) is 0 Å². The SMILES string of the molecule is O=C(NCCc1ccccc1)C1CCC2C(=O)N(Cc3ccccc3Cl)C(=S)NC2C1. The van der Waals surface area contributed by atoms with Gasteiger partial charge in [0, 0.05) is 23.5 Å². The number of benzene rings is 2. The van der Waals surface area contributed by atoms with Gasteiger partial charge < -0.3 is 10.6 Å². The van der Waals surface area contributed by atoms with Crippen LogP contribution in [0, 0.1) is 11.8 Å². The van der Waals surface area contributed by atoms with Crippen LogP contribution in [-0.4, -0.2) is 34.4 Å². The fourth-order valence-electron chi connectivity index (χ4n) is 4.47. The number of carbonyl (C=O) groups excluding carboxylic acids is 2. The van der Waals surface area contributed by atoms with Crippen LogP contribution in [0.4, 0.5) is 0 Å². The highest BCUT2D eigenvalue weighted by Gasteiger charge is 2.44. The van der Waals surface area contributed by atoms with Crippen molar-refractivity contribution in [1.29, 1.82) is 0 Å². The fourth-order valence-corrected chi connectivity index (χ4v) is 4.97. The Morgan fingerprint density at radius 1 is 1.13 bits per heavy atom. The van der Waals surface area contributed by atoms with Crippen molar-refractivity contribution in [3.8, 4) is 0 Å². The summed E-state index contributed by atoms with van der Waals surface area (Å²) in [5, 5.41) is 7.41. The second kappa shape index (κ2) is 9.79. The largest absolute Gasteiger partial charge is 0.359 e. The summed E-state index contributed by atoms with van der Waals surface area (Å²) >= 11 is 11.8. The van der Waals surface area contributed by atoms with Gasteiger partial charge in [0.25, 0.3) is 0 Å². The highest BCUT2D eigenvalue weighted by molar-refractivity contribution is 7.80. The number of carbonyl (C=O) groups is 2. The molecular formula is C24H26ClN3O2S. The highest BCUT2D eigenvalue weighted by Crippen LogP contribution is 2.34. The zero-order valence-electron chi connectivity index (χ0n) is 17.2. The normalized spacial score (nSPS) is 23.1. The topological polar surface area (TPSA) is 61.4 Å². The third kappa shape index (κ3) is 5.08. The van der Waals surface area contributed by atoms with Gasteiger partial charge in [-0.2, -0.15) is 0 Å². The summed E-state index contributed by atoms with van der Waals surface area (Å²) in [4.78, 5) is 27.4. The first kappa shape index (κ1) is 21.8. The average molecular weight is 456 g/mol. The predicted octanol–water partition coefficient (Wildman–Crippen LogP) is 3.70. The van der Waals surface area contributed by atoms with Crippen LogP contribution in [0.15, 0.2) is 54.6 Å². The number of halogens is 1. The maximum atomic E-state index is 13.1. The maximum Gasteiger partial charge on any atom is 0.234 e. The molecule has 1 heterocycles. The molecule has 0 bridgehead atoms. The molecule has 7 heteroatoms. The van der Waals surface area contributed by atoms with Crippen molar-refractivity contribution >= 4 is 40.7 Å². The summed E-state index contributed by atoms with van der Waals surface area (Å²) in [6, 6.07) is 17.5. The van der Waals surface area contributed by atoms with E-state index in [4.69, 9.17) is 23.8 Å². The Kier molecular flexibility index (Phi) is 6.88. The lowest BCUT2D eigenvalue weighted by molar-refractivity contribution is -0.138. The molecule has 0 spiro atoms. The molecule has 4 rings (SSSR count).